The first-order valence-electron chi connectivity index (χ1n) is 6.47. The van der Waals surface area contributed by atoms with Crippen molar-refractivity contribution in [3.63, 3.8) is 0 Å². The van der Waals surface area contributed by atoms with Gasteiger partial charge in [0.15, 0.2) is 5.82 Å². The third kappa shape index (κ3) is 3.59. The van der Waals surface area contributed by atoms with Gasteiger partial charge in [0.25, 0.3) is 5.91 Å². The first-order chi connectivity index (χ1) is 10.0. The highest BCUT2D eigenvalue weighted by Gasteiger charge is 2.14. The number of aryl methyl sites for hydroxylation is 2. The van der Waals surface area contributed by atoms with Crippen molar-refractivity contribution in [2.75, 3.05) is 5.43 Å². The molecule has 0 bridgehead atoms. The number of hydrazine groups is 1. The normalized spacial score (nSPS) is 10.5. The summed E-state index contributed by atoms with van der Waals surface area (Å²) < 4.78 is 2.45. The van der Waals surface area contributed by atoms with Crippen molar-refractivity contribution in [2.24, 2.45) is 12.9 Å². The number of anilines is 1. The van der Waals surface area contributed by atoms with Gasteiger partial charge in [-0.25, -0.2) is 10.8 Å². The van der Waals surface area contributed by atoms with E-state index in [1.807, 2.05) is 20.2 Å². The maximum atomic E-state index is 12.3. The fourth-order valence-corrected chi connectivity index (χ4v) is 2.36. The number of hydrogen-bond acceptors (Lipinski definition) is 5. The van der Waals surface area contributed by atoms with Gasteiger partial charge in [0, 0.05) is 36.0 Å². The van der Waals surface area contributed by atoms with Crippen molar-refractivity contribution in [3.8, 4) is 0 Å². The van der Waals surface area contributed by atoms with Gasteiger partial charge in [-0.1, -0.05) is 6.92 Å². The molecule has 0 saturated heterocycles. The Morgan fingerprint density at radius 3 is 2.95 bits per heavy atom. The van der Waals surface area contributed by atoms with Crippen LogP contribution in [0.3, 0.4) is 0 Å². The van der Waals surface area contributed by atoms with E-state index in [2.05, 4.69) is 36.8 Å². The van der Waals surface area contributed by atoms with Gasteiger partial charge in [-0.05, 0) is 28.4 Å². The topological polar surface area (TPSA) is 97.9 Å². The van der Waals surface area contributed by atoms with Crippen LogP contribution in [0, 0.1) is 0 Å². The summed E-state index contributed by atoms with van der Waals surface area (Å²) in [7, 11) is 1.86. The third-order valence-corrected chi connectivity index (χ3v) is 3.44. The van der Waals surface area contributed by atoms with Crippen LogP contribution in [0.2, 0.25) is 0 Å². The fraction of sp³-hybridized carbons (Fsp3) is 0.308. The minimum absolute atomic E-state index is 0.248. The number of halogens is 1. The predicted octanol–water partition coefficient (Wildman–Crippen LogP) is 1.36. The number of pyridine rings is 1. The molecule has 4 N–H and O–H groups in total. The molecule has 0 unspecified atom stereocenters. The summed E-state index contributed by atoms with van der Waals surface area (Å²) in [5.41, 5.74) is 4.78. The van der Waals surface area contributed by atoms with Crippen LogP contribution in [0.15, 0.2) is 22.9 Å². The van der Waals surface area contributed by atoms with Gasteiger partial charge in [-0.3, -0.25) is 9.48 Å². The lowest BCUT2D eigenvalue weighted by atomic mass is 10.2. The maximum Gasteiger partial charge on any atom is 0.255 e. The minimum Gasteiger partial charge on any atom is -0.348 e. The van der Waals surface area contributed by atoms with E-state index in [0.29, 0.717) is 22.4 Å². The van der Waals surface area contributed by atoms with Crippen molar-refractivity contribution < 1.29 is 4.79 Å². The number of nitrogens with one attached hydrogen (secondary N) is 2. The van der Waals surface area contributed by atoms with Gasteiger partial charge in [0.05, 0.1) is 11.3 Å². The molecule has 0 spiro atoms. The summed E-state index contributed by atoms with van der Waals surface area (Å²) in [5.74, 6) is 5.46. The van der Waals surface area contributed by atoms with Crippen LogP contribution in [-0.4, -0.2) is 20.7 Å². The molecule has 2 heterocycles. The zero-order valence-electron chi connectivity index (χ0n) is 11.9. The third-order valence-electron chi connectivity index (χ3n) is 3.00. The monoisotopic (exact) mass is 352 g/mol. The summed E-state index contributed by atoms with van der Waals surface area (Å²) in [6.07, 6.45) is 4.29. The standard InChI is InChI=1S/C13H17BrN6O/c1-3-11-8(7-20(2)19-11)5-17-13(21)10-4-9(14)6-16-12(10)18-15/h4,6-7H,3,5,15H2,1-2H3,(H,16,18)(H,17,21). The first kappa shape index (κ1) is 15.5. The molecule has 0 saturated carbocycles. The number of rotatable bonds is 5. The molecule has 0 aromatic carbocycles. The van der Waals surface area contributed by atoms with E-state index < -0.39 is 0 Å². The second kappa shape index (κ2) is 6.68. The number of amides is 1. The summed E-state index contributed by atoms with van der Waals surface area (Å²) in [6, 6.07) is 1.67. The van der Waals surface area contributed by atoms with E-state index in [-0.39, 0.29) is 5.91 Å². The Hall–Kier alpha value is -1.93. The zero-order valence-corrected chi connectivity index (χ0v) is 13.4. The number of nitrogens with zero attached hydrogens (tertiary/aromatic N) is 3. The van der Waals surface area contributed by atoms with Crippen molar-refractivity contribution >= 4 is 27.7 Å². The van der Waals surface area contributed by atoms with E-state index in [1.54, 1.807) is 16.9 Å². The van der Waals surface area contributed by atoms with Crippen LogP contribution in [0.1, 0.15) is 28.5 Å². The molecular formula is C13H17BrN6O. The van der Waals surface area contributed by atoms with Gasteiger partial charge in [-0.15, -0.1) is 0 Å². The van der Waals surface area contributed by atoms with Gasteiger partial charge in [-0.2, -0.15) is 5.10 Å². The van der Waals surface area contributed by atoms with E-state index >= 15 is 0 Å². The zero-order chi connectivity index (χ0) is 15.4. The highest BCUT2D eigenvalue weighted by atomic mass is 79.9. The molecular weight excluding hydrogens is 336 g/mol. The fourth-order valence-electron chi connectivity index (χ4n) is 2.03. The smallest absolute Gasteiger partial charge is 0.255 e. The van der Waals surface area contributed by atoms with Crippen molar-refractivity contribution in [1.82, 2.24) is 20.1 Å². The Bertz CT molecular complexity index is 654. The minimum atomic E-state index is -0.248. The molecule has 21 heavy (non-hydrogen) atoms. The molecule has 2 aromatic rings. The van der Waals surface area contributed by atoms with E-state index in [1.165, 1.54) is 0 Å². The van der Waals surface area contributed by atoms with Gasteiger partial charge >= 0.3 is 0 Å². The lowest BCUT2D eigenvalue weighted by Crippen LogP contribution is -2.25. The largest absolute Gasteiger partial charge is 0.348 e. The number of aromatic nitrogens is 3. The van der Waals surface area contributed by atoms with Crippen LogP contribution in [0.25, 0.3) is 0 Å². The Kier molecular flexibility index (Phi) is 4.92. The molecule has 7 nitrogen and oxygen atoms in total. The van der Waals surface area contributed by atoms with Gasteiger partial charge < -0.3 is 10.7 Å². The second-order valence-corrected chi connectivity index (χ2v) is 5.42. The Morgan fingerprint density at radius 2 is 2.29 bits per heavy atom. The van der Waals surface area contributed by atoms with E-state index in [0.717, 1.165) is 17.7 Å². The second-order valence-electron chi connectivity index (χ2n) is 4.50. The number of hydrogen-bond donors (Lipinski definition) is 3. The molecule has 112 valence electrons. The summed E-state index contributed by atoms with van der Waals surface area (Å²) >= 11 is 3.29. The number of nitrogens with two attached hydrogens (primary N) is 1. The quantitative estimate of drug-likeness (QED) is 0.557. The number of carbonyl (C=O) groups excluding carboxylic acids is 1. The predicted molar refractivity (Wildman–Crippen MR) is 83.5 cm³/mol. The highest BCUT2D eigenvalue weighted by molar-refractivity contribution is 9.10. The SMILES string of the molecule is CCc1nn(C)cc1CNC(=O)c1cc(Br)cnc1NN. The van der Waals surface area contributed by atoms with Gasteiger partial charge in [0.2, 0.25) is 0 Å². The van der Waals surface area contributed by atoms with E-state index in [4.69, 9.17) is 5.84 Å². The van der Waals surface area contributed by atoms with Crippen molar-refractivity contribution in [2.45, 2.75) is 19.9 Å². The van der Waals surface area contributed by atoms with Crippen LogP contribution >= 0.6 is 15.9 Å². The summed E-state index contributed by atoms with van der Waals surface area (Å²) in [5, 5.41) is 7.20. The summed E-state index contributed by atoms with van der Waals surface area (Å²) in [4.78, 5) is 16.3. The lowest BCUT2D eigenvalue weighted by Gasteiger charge is -2.09. The molecule has 0 aliphatic heterocycles. The molecule has 0 fully saturated rings. The molecule has 1 amide bonds. The Morgan fingerprint density at radius 1 is 1.52 bits per heavy atom. The van der Waals surface area contributed by atoms with Crippen molar-refractivity contribution in [3.05, 3.63) is 39.8 Å². The molecule has 0 radical (unpaired) electrons. The van der Waals surface area contributed by atoms with Crippen LogP contribution in [-0.2, 0) is 20.0 Å². The lowest BCUT2D eigenvalue weighted by molar-refractivity contribution is 0.0951. The molecule has 0 aliphatic rings. The van der Waals surface area contributed by atoms with Crippen LogP contribution in [0.4, 0.5) is 5.82 Å². The van der Waals surface area contributed by atoms with Crippen molar-refractivity contribution in [1.29, 1.82) is 0 Å². The molecule has 2 rings (SSSR count). The number of carbonyl (C=O) groups is 1. The average molecular weight is 353 g/mol. The Balaban J connectivity index is 2.13. The van der Waals surface area contributed by atoms with Crippen LogP contribution in [0.5, 0.6) is 0 Å². The molecule has 2 aromatic heterocycles. The maximum absolute atomic E-state index is 12.3. The number of nitrogen functional groups attached to an aromatic ring is 1. The van der Waals surface area contributed by atoms with E-state index in [9.17, 15) is 4.79 Å². The molecule has 8 heteroatoms. The first-order valence-corrected chi connectivity index (χ1v) is 7.26. The average Bonchev–Trinajstić information content (AvgIpc) is 2.84. The molecule has 0 aliphatic carbocycles. The summed E-state index contributed by atoms with van der Waals surface area (Å²) in [6.45, 7) is 2.44. The molecule has 0 atom stereocenters. The van der Waals surface area contributed by atoms with Crippen LogP contribution < -0.4 is 16.6 Å². The highest BCUT2D eigenvalue weighted by Crippen LogP contribution is 2.17. The van der Waals surface area contributed by atoms with Gasteiger partial charge in [0.1, 0.15) is 0 Å². The Labute approximate surface area is 131 Å².